The number of anilines is 1. The van der Waals surface area contributed by atoms with Crippen LogP contribution in [0.1, 0.15) is 38.3 Å². The van der Waals surface area contributed by atoms with Crippen LogP contribution in [0, 0.1) is 5.41 Å². The van der Waals surface area contributed by atoms with Crippen molar-refractivity contribution >= 4 is 24.0 Å². The lowest BCUT2D eigenvalue weighted by atomic mass is 9.95. The molecule has 2 rings (SSSR count). The molecule has 0 fully saturated rings. The van der Waals surface area contributed by atoms with Crippen LogP contribution in [0.4, 0.5) is 5.69 Å². The first-order valence-corrected chi connectivity index (χ1v) is 9.52. The van der Waals surface area contributed by atoms with E-state index in [-0.39, 0.29) is 23.7 Å². The first-order chi connectivity index (χ1) is 12.8. The first-order valence-electron chi connectivity index (χ1n) is 9.52. The third-order valence-corrected chi connectivity index (χ3v) is 4.51. The van der Waals surface area contributed by atoms with E-state index in [0.29, 0.717) is 19.4 Å². The number of carbonyl (C=O) groups is 1. The summed E-state index contributed by atoms with van der Waals surface area (Å²) in [5.41, 5.74) is 9.06. The van der Waals surface area contributed by atoms with E-state index < -0.39 is 0 Å². The highest BCUT2D eigenvalue weighted by Gasteiger charge is 2.21. The third-order valence-electron chi connectivity index (χ3n) is 4.51. The minimum Gasteiger partial charge on any atom is -0.497 e. The van der Waals surface area contributed by atoms with Crippen LogP contribution < -0.4 is 10.5 Å². The molecule has 0 aliphatic heterocycles. The summed E-state index contributed by atoms with van der Waals surface area (Å²) in [5, 5.41) is 0. The second-order valence-corrected chi connectivity index (χ2v) is 8.17. The molecule has 5 heteroatoms. The highest BCUT2D eigenvalue weighted by atomic mass is 35.5. The standard InChI is InChI=1S/C23H32N2O2.ClH/c1-23(2,3)17-25(16-15-18-9-12-20(27-4)13-10-18)22(26)14-11-19-7-5-6-8-21(19)24;/h5-10,12-13H,11,14-17,24H2,1-4H3;1H. The number of nitrogens with two attached hydrogens (primary N) is 1. The Morgan fingerprint density at radius 1 is 1.04 bits per heavy atom. The van der Waals surface area contributed by atoms with E-state index in [1.165, 1.54) is 5.56 Å². The van der Waals surface area contributed by atoms with Crippen molar-refractivity contribution < 1.29 is 9.53 Å². The van der Waals surface area contributed by atoms with Crippen molar-refractivity contribution in [1.29, 1.82) is 0 Å². The number of nitrogens with zero attached hydrogens (tertiary/aromatic N) is 1. The quantitative estimate of drug-likeness (QED) is 0.646. The molecule has 0 heterocycles. The zero-order chi connectivity index (χ0) is 19.9. The molecule has 0 unspecified atom stereocenters. The van der Waals surface area contributed by atoms with Crippen LogP contribution in [-0.4, -0.2) is 31.0 Å². The number of rotatable bonds is 8. The molecular weight excluding hydrogens is 372 g/mol. The van der Waals surface area contributed by atoms with Gasteiger partial charge in [-0.1, -0.05) is 51.1 Å². The molecular formula is C23H33ClN2O2. The van der Waals surface area contributed by atoms with Crippen LogP contribution in [-0.2, 0) is 17.6 Å². The number of benzene rings is 2. The molecule has 1 amide bonds. The van der Waals surface area contributed by atoms with E-state index >= 15 is 0 Å². The maximum Gasteiger partial charge on any atom is 0.222 e. The lowest BCUT2D eigenvalue weighted by Crippen LogP contribution is -2.39. The lowest BCUT2D eigenvalue weighted by Gasteiger charge is -2.30. The Hall–Kier alpha value is -2.20. The van der Waals surface area contributed by atoms with E-state index in [4.69, 9.17) is 10.5 Å². The number of ether oxygens (including phenoxy) is 1. The Balaban J connectivity index is 0.00000392. The average Bonchev–Trinajstić information content (AvgIpc) is 2.63. The van der Waals surface area contributed by atoms with Crippen molar-refractivity contribution in [3.05, 3.63) is 59.7 Å². The number of halogens is 1. The molecule has 2 aromatic carbocycles. The average molecular weight is 405 g/mol. The molecule has 154 valence electrons. The number of aryl methyl sites for hydroxylation is 1. The van der Waals surface area contributed by atoms with Crippen molar-refractivity contribution in [1.82, 2.24) is 4.90 Å². The monoisotopic (exact) mass is 404 g/mol. The normalized spacial score (nSPS) is 10.9. The zero-order valence-electron chi connectivity index (χ0n) is 17.4. The molecule has 28 heavy (non-hydrogen) atoms. The van der Waals surface area contributed by atoms with Gasteiger partial charge in [0.1, 0.15) is 5.75 Å². The van der Waals surface area contributed by atoms with Crippen LogP contribution >= 0.6 is 12.4 Å². The van der Waals surface area contributed by atoms with Gasteiger partial charge in [-0.3, -0.25) is 4.79 Å². The van der Waals surface area contributed by atoms with Crippen LogP contribution in [0.15, 0.2) is 48.5 Å². The molecule has 0 aliphatic rings. The van der Waals surface area contributed by atoms with E-state index in [9.17, 15) is 4.79 Å². The van der Waals surface area contributed by atoms with Gasteiger partial charge in [0, 0.05) is 25.2 Å². The Bertz CT molecular complexity index is 739. The van der Waals surface area contributed by atoms with Gasteiger partial charge in [-0.05, 0) is 47.6 Å². The number of amides is 1. The Kier molecular flexibility index (Phi) is 9.33. The highest BCUT2D eigenvalue weighted by Crippen LogP contribution is 2.19. The van der Waals surface area contributed by atoms with Crippen LogP contribution in [0.25, 0.3) is 0 Å². The third kappa shape index (κ3) is 7.81. The summed E-state index contributed by atoms with van der Waals surface area (Å²) in [6, 6.07) is 15.8. The largest absolute Gasteiger partial charge is 0.497 e. The number of hydrogen-bond acceptors (Lipinski definition) is 3. The predicted molar refractivity (Wildman–Crippen MR) is 119 cm³/mol. The van der Waals surface area contributed by atoms with Gasteiger partial charge in [-0.2, -0.15) is 0 Å². The summed E-state index contributed by atoms with van der Waals surface area (Å²) in [7, 11) is 1.66. The smallest absolute Gasteiger partial charge is 0.222 e. The summed E-state index contributed by atoms with van der Waals surface area (Å²) in [4.78, 5) is 14.9. The molecule has 2 N–H and O–H groups in total. The summed E-state index contributed by atoms with van der Waals surface area (Å²) < 4.78 is 5.21. The van der Waals surface area contributed by atoms with Gasteiger partial charge in [-0.25, -0.2) is 0 Å². The number of para-hydroxylation sites is 1. The van der Waals surface area contributed by atoms with Crippen molar-refractivity contribution in [2.75, 3.05) is 25.9 Å². The summed E-state index contributed by atoms with van der Waals surface area (Å²) in [6.07, 6.45) is 1.99. The van der Waals surface area contributed by atoms with Gasteiger partial charge in [0.15, 0.2) is 0 Å². The van der Waals surface area contributed by atoms with Crippen LogP contribution in [0.3, 0.4) is 0 Å². The Labute approximate surface area is 175 Å². The fourth-order valence-corrected chi connectivity index (χ4v) is 3.08. The maximum atomic E-state index is 12.9. The SMILES string of the molecule is COc1ccc(CCN(CC(C)(C)C)C(=O)CCc2ccccc2N)cc1.Cl. The molecule has 4 nitrogen and oxygen atoms in total. The first kappa shape index (κ1) is 23.8. The number of nitrogen functional groups attached to an aromatic ring is 1. The van der Waals surface area contributed by atoms with Gasteiger partial charge >= 0.3 is 0 Å². The molecule has 2 aromatic rings. The van der Waals surface area contributed by atoms with Gasteiger partial charge < -0.3 is 15.4 Å². The minimum absolute atomic E-state index is 0. The van der Waals surface area contributed by atoms with E-state index in [1.807, 2.05) is 41.3 Å². The van der Waals surface area contributed by atoms with Crippen molar-refractivity contribution in [3.8, 4) is 5.75 Å². The summed E-state index contributed by atoms with van der Waals surface area (Å²) in [6.45, 7) is 7.94. The lowest BCUT2D eigenvalue weighted by molar-refractivity contribution is -0.132. The van der Waals surface area contributed by atoms with Gasteiger partial charge in [0.2, 0.25) is 5.91 Å². The molecule has 0 spiro atoms. The second kappa shape index (κ2) is 11.0. The Morgan fingerprint density at radius 2 is 1.68 bits per heavy atom. The minimum atomic E-state index is 0. The predicted octanol–water partition coefficient (Wildman–Crippen LogP) is 4.75. The second-order valence-electron chi connectivity index (χ2n) is 8.17. The van der Waals surface area contributed by atoms with Crippen molar-refractivity contribution in [3.63, 3.8) is 0 Å². The van der Waals surface area contributed by atoms with Gasteiger partial charge in [0.25, 0.3) is 0 Å². The highest BCUT2D eigenvalue weighted by molar-refractivity contribution is 5.85. The number of carbonyl (C=O) groups excluding carboxylic acids is 1. The van der Waals surface area contributed by atoms with Crippen molar-refractivity contribution in [2.24, 2.45) is 5.41 Å². The molecule has 0 aliphatic carbocycles. The molecule has 0 saturated carbocycles. The summed E-state index contributed by atoms with van der Waals surface area (Å²) in [5.74, 6) is 1.03. The Morgan fingerprint density at radius 3 is 2.25 bits per heavy atom. The van der Waals surface area contributed by atoms with E-state index in [2.05, 4.69) is 32.9 Å². The van der Waals surface area contributed by atoms with Gasteiger partial charge in [0.05, 0.1) is 7.11 Å². The summed E-state index contributed by atoms with van der Waals surface area (Å²) >= 11 is 0. The fraction of sp³-hybridized carbons (Fsp3) is 0.435. The maximum absolute atomic E-state index is 12.9. The number of hydrogen-bond donors (Lipinski definition) is 1. The fourth-order valence-electron chi connectivity index (χ4n) is 3.08. The molecule has 0 bridgehead atoms. The topological polar surface area (TPSA) is 55.6 Å². The molecule has 0 atom stereocenters. The molecule has 0 radical (unpaired) electrons. The van der Waals surface area contributed by atoms with Gasteiger partial charge in [-0.15, -0.1) is 12.4 Å². The number of methoxy groups -OCH3 is 1. The molecule has 0 saturated heterocycles. The van der Waals surface area contributed by atoms with Crippen LogP contribution in [0.5, 0.6) is 5.75 Å². The van der Waals surface area contributed by atoms with Crippen LogP contribution in [0.2, 0.25) is 0 Å². The van der Waals surface area contributed by atoms with E-state index in [0.717, 1.165) is 30.0 Å². The zero-order valence-corrected chi connectivity index (χ0v) is 18.2. The van der Waals surface area contributed by atoms with Crippen molar-refractivity contribution in [2.45, 2.75) is 40.0 Å². The molecule has 0 aromatic heterocycles. The van der Waals surface area contributed by atoms with E-state index in [1.54, 1.807) is 7.11 Å².